The molecule has 0 radical (unpaired) electrons. The average Bonchev–Trinajstić information content (AvgIpc) is 2.18. The van der Waals surface area contributed by atoms with E-state index in [1.807, 2.05) is 12.1 Å². The smallest absolute Gasteiger partial charge is 0.116 e. The highest BCUT2D eigenvalue weighted by Gasteiger charge is 2.12. The van der Waals surface area contributed by atoms with Gasteiger partial charge in [0, 0.05) is 27.8 Å². The number of rotatable bonds is 1. The number of aromatic nitrogens is 2. The summed E-state index contributed by atoms with van der Waals surface area (Å²) >= 11 is 9.45. The van der Waals surface area contributed by atoms with Crippen LogP contribution in [0.2, 0.25) is 5.02 Å². The molecule has 3 nitrogen and oxygen atoms in total. The van der Waals surface area contributed by atoms with Gasteiger partial charge in [0.2, 0.25) is 0 Å². The molecule has 0 unspecified atom stereocenters. The Morgan fingerprint density at radius 3 is 2.69 bits per heavy atom. The van der Waals surface area contributed by atoms with Crippen molar-refractivity contribution in [3.63, 3.8) is 0 Å². The van der Waals surface area contributed by atoms with E-state index in [1.165, 1.54) is 0 Å². The molecule has 0 saturated heterocycles. The highest BCUT2D eigenvalue weighted by atomic mass is 79.9. The fraction of sp³-hybridized carbons (Fsp3) is 0. The van der Waals surface area contributed by atoms with Crippen molar-refractivity contribution in [3.8, 4) is 0 Å². The molecule has 1 aromatic carbocycles. The van der Waals surface area contributed by atoms with E-state index in [4.69, 9.17) is 11.6 Å². The molecule has 0 bridgehead atoms. The van der Waals surface area contributed by atoms with Crippen LogP contribution in [0.25, 0.3) is 16.5 Å². The second-order valence-electron chi connectivity index (χ2n) is 3.37. The molecule has 3 rings (SSSR count). The lowest BCUT2D eigenvalue weighted by atomic mass is 10.1. The lowest BCUT2D eigenvalue weighted by Crippen LogP contribution is -1.98. The molecule has 2 heterocycles. The Morgan fingerprint density at radius 2 is 2.00 bits per heavy atom. The number of benzene rings is 1. The first kappa shape index (κ1) is 9.93. The van der Waals surface area contributed by atoms with Gasteiger partial charge in [0.1, 0.15) is 6.33 Å². The maximum atomic E-state index is 6.07. The van der Waals surface area contributed by atoms with Crippen LogP contribution in [0.3, 0.4) is 0 Å². The van der Waals surface area contributed by atoms with Crippen LogP contribution in [0.15, 0.2) is 34.1 Å². The van der Waals surface area contributed by atoms with Crippen LogP contribution in [-0.4, -0.2) is 16.2 Å². The molecule has 0 N–H and O–H groups in total. The van der Waals surface area contributed by atoms with Crippen LogP contribution in [0.5, 0.6) is 0 Å². The number of nitrogens with zero attached hydrogens (tertiary/aromatic N) is 3. The van der Waals surface area contributed by atoms with Gasteiger partial charge >= 0.3 is 0 Å². The Labute approximate surface area is 105 Å². The Balaban J connectivity index is 2.33. The summed E-state index contributed by atoms with van der Waals surface area (Å²) in [6.07, 6.45) is 5.10. The van der Waals surface area contributed by atoms with Gasteiger partial charge in [-0.3, -0.25) is 4.99 Å². The zero-order chi connectivity index (χ0) is 11.1. The van der Waals surface area contributed by atoms with Gasteiger partial charge in [0.15, 0.2) is 0 Å². The maximum absolute atomic E-state index is 6.07. The summed E-state index contributed by atoms with van der Waals surface area (Å²) in [6, 6.07) is 3.75. The van der Waals surface area contributed by atoms with E-state index in [0.717, 1.165) is 26.6 Å². The topological polar surface area (TPSA) is 38.1 Å². The fourth-order valence-electron chi connectivity index (χ4n) is 1.55. The zero-order valence-electron chi connectivity index (χ0n) is 7.98. The summed E-state index contributed by atoms with van der Waals surface area (Å²) < 4.78 is 0.836. The van der Waals surface area contributed by atoms with E-state index in [0.29, 0.717) is 5.02 Å². The molecule has 1 aliphatic rings. The third-order valence-electron chi connectivity index (χ3n) is 2.38. The minimum atomic E-state index is 0.653. The minimum Gasteiger partial charge on any atom is -0.263 e. The lowest BCUT2D eigenvalue weighted by Gasteiger charge is -2.09. The van der Waals surface area contributed by atoms with Gasteiger partial charge in [0.05, 0.1) is 16.2 Å². The normalized spacial score (nSPS) is 13.8. The molecule has 78 valence electrons. The summed E-state index contributed by atoms with van der Waals surface area (Å²) in [7, 11) is 0. The van der Waals surface area contributed by atoms with E-state index in [1.54, 1.807) is 18.7 Å². The number of fused-ring (bicyclic) bond motifs is 1. The first-order valence-corrected chi connectivity index (χ1v) is 5.76. The van der Waals surface area contributed by atoms with Crippen molar-refractivity contribution < 1.29 is 0 Å². The summed E-state index contributed by atoms with van der Waals surface area (Å²) in [6.45, 7) is 0. The molecule has 0 saturated carbocycles. The molecule has 0 spiro atoms. The van der Waals surface area contributed by atoms with E-state index in [9.17, 15) is 0 Å². The molecule has 5 heteroatoms. The number of halogens is 2. The van der Waals surface area contributed by atoms with Gasteiger partial charge in [-0.05, 0) is 28.1 Å². The maximum Gasteiger partial charge on any atom is 0.116 e. The zero-order valence-corrected chi connectivity index (χ0v) is 10.3. The quantitative estimate of drug-likeness (QED) is 0.807. The van der Waals surface area contributed by atoms with Crippen LogP contribution in [0.1, 0.15) is 5.69 Å². The van der Waals surface area contributed by atoms with Gasteiger partial charge in [-0.2, -0.15) is 0 Å². The standard InChI is InChI=1S/C11H5BrClN3/c12-8-2-10-7(1-9(8)13)11(16-5-15-10)6-3-14-4-6/h1-5H. The summed E-state index contributed by atoms with van der Waals surface area (Å²) in [5.41, 5.74) is 2.74. The Hall–Kier alpha value is -1.26. The van der Waals surface area contributed by atoms with E-state index in [2.05, 4.69) is 30.9 Å². The molecular weight excluding hydrogens is 289 g/mol. The number of hydrogen-bond acceptors (Lipinski definition) is 3. The van der Waals surface area contributed by atoms with Crippen LogP contribution < -0.4 is 0 Å². The Bertz CT molecular complexity index is 649. The summed E-state index contributed by atoms with van der Waals surface area (Å²) in [4.78, 5) is 12.4. The SMILES string of the molecule is Clc1cc2c(C3=CN=C3)ncnc2cc1Br. The van der Waals surface area contributed by atoms with Crippen molar-refractivity contribution in [2.24, 2.45) is 4.99 Å². The highest BCUT2D eigenvalue weighted by molar-refractivity contribution is 9.10. The molecular formula is C11H5BrClN3. The monoisotopic (exact) mass is 293 g/mol. The van der Waals surface area contributed by atoms with E-state index >= 15 is 0 Å². The van der Waals surface area contributed by atoms with Crippen LogP contribution in [0.4, 0.5) is 0 Å². The average molecular weight is 295 g/mol. The molecule has 16 heavy (non-hydrogen) atoms. The van der Waals surface area contributed by atoms with Crippen LogP contribution >= 0.6 is 27.5 Å². The van der Waals surface area contributed by atoms with Gasteiger partial charge < -0.3 is 0 Å². The van der Waals surface area contributed by atoms with E-state index < -0.39 is 0 Å². The molecule has 0 atom stereocenters. The largest absolute Gasteiger partial charge is 0.263 e. The number of hydrogen-bond donors (Lipinski definition) is 0. The minimum absolute atomic E-state index is 0.653. The number of allylic oxidation sites excluding steroid dienone is 1. The third-order valence-corrected chi connectivity index (χ3v) is 3.58. The molecule has 2 aromatic rings. The second-order valence-corrected chi connectivity index (χ2v) is 4.63. The first-order chi connectivity index (χ1) is 7.75. The predicted molar refractivity (Wildman–Crippen MR) is 68.7 cm³/mol. The third kappa shape index (κ3) is 1.45. The van der Waals surface area contributed by atoms with Crippen molar-refractivity contribution in [3.05, 3.63) is 39.8 Å². The van der Waals surface area contributed by atoms with Crippen molar-refractivity contribution in [2.45, 2.75) is 0 Å². The van der Waals surface area contributed by atoms with Crippen LogP contribution in [-0.2, 0) is 0 Å². The van der Waals surface area contributed by atoms with Crippen LogP contribution in [0, 0.1) is 0 Å². The second kappa shape index (κ2) is 3.64. The molecule has 1 aromatic heterocycles. The van der Waals surface area contributed by atoms with Gasteiger partial charge in [0.25, 0.3) is 0 Å². The van der Waals surface area contributed by atoms with Crippen molar-refractivity contribution in [2.75, 3.05) is 0 Å². The van der Waals surface area contributed by atoms with Crippen molar-refractivity contribution in [1.82, 2.24) is 9.97 Å². The number of aliphatic imine (C=N–C) groups is 1. The predicted octanol–water partition coefficient (Wildman–Crippen LogP) is 3.47. The Kier molecular flexibility index (Phi) is 2.26. The fourth-order valence-corrected chi connectivity index (χ4v) is 2.05. The van der Waals surface area contributed by atoms with Crippen molar-refractivity contribution in [1.29, 1.82) is 0 Å². The summed E-state index contributed by atoms with van der Waals surface area (Å²) in [5, 5.41) is 1.59. The Morgan fingerprint density at radius 1 is 1.19 bits per heavy atom. The van der Waals surface area contributed by atoms with Gasteiger partial charge in [-0.15, -0.1) is 0 Å². The highest BCUT2D eigenvalue weighted by Crippen LogP contribution is 2.30. The first-order valence-electron chi connectivity index (χ1n) is 4.59. The summed E-state index contributed by atoms with van der Waals surface area (Å²) in [5.74, 6) is 0. The van der Waals surface area contributed by atoms with Gasteiger partial charge in [-0.1, -0.05) is 11.6 Å². The van der Waals surface area contributed by atoms with Gasteiger partial charge in [-0.25, -0.2) is 9.97 Å². The van der Waals surface area contributed by atoms with E-state index in [-0.39, 0.29) is 0 Å². The van der Waals surface area contributed by atoms with Crippen molar-refractivity contribution >= 4 is 50.2 Å². The molecule has 1 aliphatic heterocycles. The molecule has 0 amide bonds. The lowest BCUT2D eigenvalue weighted by molar-refractivity contribution is 1.19. The molecule has 0 fully saturated rings. The molecule has 0 aliphatic carbocycles.